The summed E-state index contributed by atoms with van der Waals surface area (Å²) in [5, 5.41) is 2.99. The third-order valence-electron chi connectivity index (χ3n) is 5.14. The van der Waals surface area contributed by atoms with Crippen LogP contribution in [0.25, 0.3) is 0 Å². The van der Waals surface area contributed by atoms with Crippen molar-refractivity contribution >= 4 is 27.7 Å². The predicted octanol–water partition coefficient (Wildman–Crippen LogP) is 5.09. The normalized spacial score (nSPS) is 13.1. The number of carbonyl (C=O) groups is 2. The average molecular weight is 467 g/mol. The summed E-state index contributed by atoms with van der Waals surface area (Å²) in [5.74, 6) is 0.614. The molecule has 1 N–H and O–H groups in total. The lowest BCUT2D eigenvalue weighted by Gasteiger charge is -2.23. The van der Waals surface area contributed by atoms with Crippen LogP contribution in [0.2, 0.25) is 0 Å². The van der Waals surface area contributed by atoms with Crippen LogP contribution in [0.5, 0.6) is 0 Å². The lowest BCUT2D eigenvalue weighted by molar-refractivity contribution is 0.0716. The molecule has 2 aromatic carbocycles. The SMILES string of the molecule is Cc1cc(Br)ccc1C(=O)N(Cc1ccc(C(=O)NC2CC2)cc1)Cc1ccco1. The first-order valence-electron chi connectivity index (χ1n) is 9.97. The molecular formula is C24H23BrN2O3. The first-order chi connectivity index (χ1) is 14.5. The summed E-state index contributed by atoms with van der Waals surface area (Å²) in [4.78, 5) is 27.3. The van der Waals surface area contributed by atoms with Gasteiger partial charge in [0.25, 0.3) is 11.8 Å². The van der Waals surface area contributed by atoms with Crippen LogP contribution in [0.1, 0.15) is 50.4 Å². The van der Waals surface area contributed by atoms with Gasteiger partial charge < -0.3 is 14.6 Å². The fourth-order valence-electron chi connectivity index (χ4n) is 3.31. The Bertz CT molecular complexity index is 1040. The minimum Gasteiger partial charge on any atom is -0.467 e. The molecule has 1 fully saturated rings. The molecule has 0 unspecified atom stereocenters. The molecule has 0 aliphatic heterocycles. The Morgan fingerprint density at radius 1 is 1.10 bits per heavy atom. The first-order valence-corrected chi connectivity index (χ1v) is 10.8. The van der Waals surface area contributed by atoms with Crippen LogP contribution in [-0.4, -0.2) is 22.8 Å². The molecule has 0 saturated heterocycles. The number of nitrogens with zero attached hydrogens (tertiary/aromatic N) is 1. The summed E-state index contributed by atoms with van der Waals surface area (Å²) in [6, 6.07) is 17.1. The minimum absolute atomic E-state index is 0.0435. The van der Waals surface area contributed by atoms with Gasteiger partial charge in [-0.1, -0.05) is 28.1 Å². The average Bonchev–Trinajstić information content (AvgIpc) is 3.39. The molecule has 1 saturated carbocycles. The lowest BCUT2D eigenvalue weighted by Crippen LogP contribution is -2.30. The number of aryl methyl sites for hydroxylation is 1. The van der Waals surface area contributed by atoms with Crippen LogP contribution in [0.15, 0.2) is 69.8 Å². The Kier molecular flexibility index (Phi) is 6.04. The van der Waals surface area contributed by atoms with E-state index < -0.39 is 0 Å². The maximum absolute atomic E-state index is 13.3. The lowest BCUT2D eigenvalue weighted by atomic mass is 10.1. The van der Waals surface area contributed by atoms with Crippen molar-refractivity contribution in [3.8, 4) is 0 Å². The molecule has 1 aliphatic carbocycles. The number of halogens is 1. The van der Waals surface area contributed by atoms with E-state index in [2.05, 4.69) is 21.2 Å². The second-order valence-corrected chi connectivity index (χ2v) is 8.56. The zero-order chi connectivity index (χ0) is 21.1. The third kappa shape index (κ3) is 5.00. The number of furan rings is 1. The second kappa shape index (κ2) is 8.88. The number of hydrogen-bond donors (Lipinski definition) is 1. The largest absolute Gasteiger partial charge is 0.467 e. The van der Waals surface area contributed by atoms with E-state index in [4.69, 9.17) is 4.42 Å². The van der Waals surface area contributed by atoms with Crippen LogP contribution in [0.3, 0.4) is 0 Å². The molecule has 4 rings (SSSR count). The van der Waals surface area contributed by atoms with E-state index in [1.807, 2.05) is 61.5 Å². The number of rotatable bonds is 7. The van der Waals surface area contributed by atoms with Crippen molar-refractivity contribution in [2.24, 2.45) is 0 Å². The molecule has 0 radical (unpaired) electrons. The molecule has 6 heteroatoms. The molecule has 1 heterocycles. The summed E-state index contributed by atoms with van der Waals surface area (Å²) >= 11 is 3.45. The molecule has 0 atom stereocenters. The topological polar surface area (TPSA) is 62.6 Å². The molecular weight excluding hydrogens is 444 g/mol. The fraction of sp³-hybridized carbons (Fsp3) is 0.250. The van der Waals surface area contributed by atoms with Gasteiger partial charge in [-0.2, -0.15) is 0 Å². The zero-order valence-electron chi connectivity index (χ0n) is 16.7. The fourth-order valence-corrected chi connectivity index (χ4v) is 3.78. The van der Waals surface area contributed by atoms with E-state index in [0.717, 1.165) is 34.2 Å². The van der Waals surface area contributed by atoms with Crippen molar-refractivity contribution < 1.29 is 14.0 Å². The summed E-state index contributed by atoms with van der Waals surface area (Å²) < 4.78 is 6.42. The van der Waals surface area contributed by atoms with Gasteiger partial charge in [0.2, 0.25) is 0 Å². The Morgan fingerprint density at radius 3 is 2.50 bits per heavy atom. The minimum atomic E-state index is -0.0630. The highest BCUT2D eigenvalue weighted by Crippen LogP contribution is 2.21. The molecule has 0 bridgehead atoms. The van der Waals surface area contributed by atoms with Crippen molar-refractivity contribution in [3.05, 3.63) is 93.3 Å². The summed E-state index contributed by atoms with van der Waals surface area (Å²) in [6.45, 7) is 2.71. The Balaban J connectivity index is 1.53. The molecule has 1 aromatic heterocycles. The molecule has 2 amide bonds. The van der Waals surface area contributed by atoms with Crippen molar-refractivity contribution in [1.29, 1.82) is 0 Å². The summed E-state index contributed by atoms with van der Waals surface area (Å²) in [5.41, 5.74) is 3.15. The monoisotopic (exact) mass is 466 g/mol. The smallest absolute Gasteiger partial charge is 0.254 e. The number of hydrogen-bond acceptors (Lipinski definition) is 3. The van der Waals surface area contributed by atoms with Gasteiger partial charge in [0.05, 0.1) is 12.8 Å². The van der Waals surface area contributed by atoms with Gasteiger partial charge in [0.15, 0.2) is 0 Å². The molecule has 0 spiro atoms. The van der Waals surface area contributed by atoms with E-state index in [0.29, 0.717) is 30.3 Å². The summed E-state index contributed by atoms with van der Waals surface area (Å²) in [7, 11) is 0. The highest BCUT2D eigenvalue weighted by Gasteiger charge is 2.24. The zero-order valence-corrected chi connectivity index (χ0v) is 18.3. The van der Waals surface area contributed by atoms with E-state index in [1.165, 1.54) is 0 Å². The second-order valence-electron chi connectivity index (χ2n) is 7.64. The highest BCUT2D eigenvalue weighted by molar-refractivity contribution is 9.10. The van der Waals surface area contributed by atoms with Gasteiger partial charge in [0.1, 0.15) is 5.76 Å². The van der Waals surface area contributed by atoms with E-state index in [1.54, 1.807) is 11.2 Å². The predicted molar refractivity (Wildman–Crippen MR) is 118 cm³/mol. The Labute approximate surface area is 184 Å². The quantitative estimate of drug-likeness (QED) is 0.527. The first kappa shape index (κ1) is 20.4. The van der Waals surface area contributed by atoms with E-state index in [9.17, 15) is 9.59 Å². The maximum Gasteiger partial charge on any atom is 0.254 e. The number of amides is 2. The highest BCUT2D eigenvalue weighted by atomic mass is 79.9. The Hall–Kier alpha value is -2.86. The van der Waals surface area contributed by atoms with Crippen LogP contribution in [0.4, 0.5) is 0 Å². The summed E-state index contributed by atoms with van der Waals surface area (Å²) in [6.07, 6.45) is 3.72. The van der Waals surface area contributed by atoms with Gasteiger partial charge in [-0.3, -0.25) is 9.59 Å². The van der Waals surface area contributed by atoms with Crippen LogP contribution in [-0.2, 0) is 13.1 Å². The molecule has 5 nitrogen and oxygen atoms in total. The van der Waals surface area contributed by atoms with Crippen LogP contribution < -0.4 is 5.32 Å². The van der Waals surface area contributed by atoms with Gasteiger partial charge >= 0.3 is 0 Å². The molecule has 3 aromatic rings. The van der Waals surface area contributed by atoms with Gasteiger partial charge in [-0.05, 0) is 73.4 Å². The number of benzene rings is 2. The van der Waals surface area contributed by atoms with Crippen molar-refractivity contribution in [2.45, 2.75) is 38.9 Å². The van der Waals surface area contributed by atoms with Crippen LogP contribution >= 0.6 is 15.9 Å². The van der Waals surface area contributed by atoms with Gasteiger partial charge in [0, 0.05) is 28.2 Å². The Morgan fingerprint density at radius 2 is 1.87 bits per heavy atom. The van der Waals surface area contributed by atoms with Crippen LogP contribution in [0, 0.1) is 6.92 Å². The maximum atomic E-state index is 13.3. The third-order valence-corrected chi connectivity index (χ3v) is 5.63. The van der Waals surface area contributed by atoms with E-state index >= 15 is 0 Å². The van der Waals surface area contributed by atoms with E-state index in [-0.39, 0.29) is 11.8 Å². The van der Waals surface area contributed by atoms with Crippen molar-refractivity contribution in [2.75, 3.05) is 0 Å². The molecule has 30 heavy (non-hydrogen) atoms. The molecule has 1 aliphatic rings. The standard InChI is InChI=1S/C24H23BrN2O3/c1-16-13-19(25)8-11-22(16)24(29)27(15-21-3-2-12-30-21)14-17-4-6-18(7-5-17)23(28)26-20-9-10-20/h2-8,11-13,20H,9-10,14-15H2,1H3,(H,26,28). The molecule has 154 valence electrons. The van der Waals surface area contributed by atoms with Gasteiger partial charge in [-0.15, -0.1) is 0 Å². The van der Waals surface area contributed by atoms with Crippen molar-refractivity contribution in [1.82, 2.24) is 10.2 Å². The number of carbonyl (C=O) groups excluding carboxylic acids is 2. The van der Waals surface area contributed by atoms with Gasteiger partial charge in [-0.25, -0.2) is 0 Å². The van der Waals surface area contributed by atoms with Crippen molar-refractivity contribution in [3.63, 3.8) is 0 Å². The number of nitrogens with one attached hydrogen (secondary N) is 1.